The Kier molecular flexibility index (Phi) is 4.96. The molecule has 0 bridgehead atoms. The number of hydrogen-bond donors (Lipinski definition) is 1. The number of rotatable bonds is 5. The molecule has 2 N–H and O–H groups in total. The molecular weight excluding hydrogens is 370 g/mol. The Morgan fingerprint density at radius 1 is 1.11 bits per heavy atom. The van der Waals surface area contributed by atoms with Crippen molar-refractivity contribution in [1.82, 2.24) is 9.88 Å². The van der Waals surface area contributed by atoms with E-state index in [4.69, 9.17) is 5.73 Å². The fourth-order valence-electron chi connectivity index (χ4n) is 3.76. The highest BCUT2D eigenvalue weighted by molar-refractivity contribution is 7.08. The zero-order chi connectivity index (χ0) is 19.6. The molecule has 4 rings (SSSR count). The Morgan fingerprint density at radius 3 is 2.57 bits per heavy atom. The second-order valence-corrected chi connectivity index (χ2v) is 8.00. The Hall–Kier alpha value is -2.99. The largest absolute Gasteiger partial charge is 0.369 e. The number of likely N-dealkylation sites (tertiary alicyclic amines) is 1. The van der Waals surface area contributed by atoms with Crippen LogP contribution in [0.5, 0.6) is 0 Å². The summed E-state index contributed by atoms with van der Waals surface area (Å²) in [6.07, 6.45) is 2.69. The molecule has 1 fully saturated rings. The van der Waals surface area contributed by atoms with E-state index in [0.717, 1.165) is 11.1 Å². The van der Waals surface area contributed by atoms with Gasteiger partial charge in [0.25, 0.3) is 5.91 Å². The first kappa shape index (κ1) is 18.4. The second-order valence-electron chi connectivity index (χ2n) is 7.22. The van der Waals surface area contributed by atoms with Crippen LogP contribution in [0, 0.1) is 5.41 Å². The minimum atomic E-state index is -0.742. The molecule has 0 spiro atoms. The highest BCUT2D eigenvalue weighted by Crippen LogP contribution is 2.35. The first-order chi connectivity index (χ1) is 13.6. The summed E-state index contributed by atoms with van der Waals surface area (Å²) in [6, 6.07) is 15.6. The molecule has 3 aromatic rings. The molecule has 0 aliphatic carbocycles. The zero-order valence-electron chi connectivity index (χ0n) is 15.4. The number of carbonyl (C=O) groups is 2. The third kappa shape index (κ3) is 3.55. The number of nitrogens with two attached hydrogens (primary N) is 1. The van der Waals surface area contributed by atoms with Crippen LogP contribution >= 0.6 is 11.3 Å². The minimum Gasteiger partial charge on any atom is -0.369 e. The molecule has 0 unspecified atom stereocenters. The van der Waals surface area contributed by atoms with Gasteiger partial charge in [-0.3, -0.25) is 14.6 Å². The molecule has 1 aliphatic heterocycles. The van der Waals surface area contributed by atoms with E-state index >= 15 is 0 Å². The fourth-order valence-corrected chi connectivity index (χ4v) is 4.43. The van der Waals surface area contributed by atoms with E-state index < -0.39 is 5.41 Å². The SMILES string of the molecule is NC(=O)[C@@]1(Cc2ccc(-c3ccsc3)cc2)CCN(C(=O)c2ccccn2)C1. The Balaban J connectivity index is 1.51. The van der Waals surface area contributed by atoms with Crippen molar-refractivity contribution in [2.24, 2.45) is 11.1 Å². The van der Waals surface area contributed by atoms with Crippen molar-refractivity contribution in [2.45, 2.75) is 12.8 Å². The van der Waals surface area contributed by atoms with Crippen molar-refractivity contribution in [3.63, 3.8) is 0 Å². The Labute approximate surface area is 167 Å². The van der Waals surface area contributed by atoms with Gasteiger partial charge in [0.15, 0.2) is 0 Å². The smallest absolute Gasteiger partial charge is 0.272 e. The van der Waals surface area contributed by atoms with Crippen molar-refractivity contribution in [1.29, 1.82) is 0 Å². The molecule has 0 saturated carbocycles. The van der Waals surface area contributed by atoms with Gasteiger partial charge < -0.3 is 10.6 Å². The van der Waals surface area contributed by atoms with Crippen LogP contribution in [0.2, 0.25) is 0 Å². The monoisotopic (exact) mass is 391 g/mol. The lowest BCUT2D eigenvalue weighted by Crippen LogP contribution is -2.42. The number of nitrogens with zero attached hydrogens (tertiary/aromatic N) is 2. The normalized spacial score (nSPS) is 18.9. The molecule has 1 saturated heterocycles. The summed E-state index contributed by atoms with van der Waals surface area (Å²) in [5.74, 6) is -0.512. The van der Waals surface area contributed by atoms with E-state index in [1.165, 1.54) is 5.56 Å². The van der Waals surface area contributed by atoms with E-state index in [1.807, 2.05) is 12.1 Å². The summed E-state index contributed by atoms with van der Waals surface area (Å²) >= 11 is 1.67. The topological polar surface area (TPSA) is 76.3 Å². The number of aromatic nitrogens is 1. The van der Waals surface area contributed by atoms with E-state index in [2.05, 4.69) is 33.9 Å². The van der Waals surface area contributed by atoms with E-state index in [0.29, 0.717) is 31.6 Å². The summed E-state index contributed by atoms with van der Waals surface area (Å²) in [5, 5.41) is 4.16. The van der Waals surface area contributed by atoms with E-state index in [1.54, 1.807) is 40.6 Å². The molecule has 2 amide bonds. The summed E-state index contributed by atoms with van der Waals surface area (Å²) in [4.78, 5) is 30.9. The van der Waals surface area contributed by atoms with Crippen LogP contribution in [0.1, 0.15) is 22.5 Å². The van der Waals surface area contributed by atoms with Crippen molar-refractivity contribution in [3.8, 4) is 11.1 Å². The Bertz CT molecular complexity index is 971. The van der Waals surface area contributed by atoms with Gasteiger partial charge in [-0.1, -0.05) is 30.3 Å². The highest BCUT2D eigenvalue weighted by atomic mass is 32.1. The first-order valence-electron chi connectivity index (χ1n) is 9.19. The van der Waals surface area contributed by atoms with Gasteiger partial charge in [-0.05, 0) is 58.5 Å². The molecular formula is C22H21N3O2S. The van der Waals surface area contributed by atoms with Crippen molar-refractivity contribution in [2.75, 3.05) is 13.1 Å². The van der Waals surface area contributed by atoms with Crippen LogP contribution < -0.4 is 5.73 Å². The summed E-state index contributed by atoms with van der Waals surface area (Å²) in [5.41, 5.74) is 8.83. The lowest BCUT2D eigenvalue weighted by Gasteiger charge is -2.26. The maximum Gasteiger partial charge on any atom is 0.272 e. The third-order valence-corrected chi connectivity index (χ3v) is 6.08. The second kappa shape index (κ2) is 7.56. The highest BCUT2D eigenvalue weighted by Gasteiger charge is 2.45. The molecule has 1 aliphatic rings. The quantitative estimate of drug-likeness (QED) is 0.724. The van der Waals surface area contributed by atoms with Gasteiger partial charge >= 0.3 is 0 Å². The Morgan fingerprint density at radius 2 is 1.93 bits per heavy atom. The average Bonchev–Trinajstić information content (AvgIpc) is 3.40. The fraction of sp³-hybridized carbons (Fsp3) is 0.227. The van der Waals surface area contributed by atoms with Crippen LogP contribution in [-0.4, -0.2) is 34.8 Å². The number of pyridine rings is 1. The van der Waals surface area contributed by atoms with Gasteiger partial charge in [0, 0.05) is 19.3 Å². The van der Waals surface area contributed by atoms with Crippen molar-refractivity contribution >= 4 is 23.2 Å². The zero-order valence-corrected chi connectivity index (χ0v) is 16.2. The van der Waals surface area contributed by atoms with Gasteiger partial charge in [-0.25, -0.2) is 0 Å². The standard InChI is InChI=1S/C22H21N3O2S/c23-21(27)22(9-11-25(15-22)20(26)19-3-1-2-10-24-19)13-16-4-6-17(7-5-16)18-8-12-28-14-18/h1-8,10,12,14H,9,11,13,15H2,(H2,23,27)/t22-/m1/s1. The summed E-state index contributed by atoms with van der Waals surface area (Å²) in [7, 11) is 0. The first-order valence-corrected chi connectivity index (χ1v) is 10.1. The summed E-state index contributed by atoms with van der Waals surface area (Å²) < 4.78 is 0. The maximum absolute atomic E-state index is 12.7. The minimum absolute atomic E-state index is 0.156. The molecule has 0 radical (unpaired) electrons. The van der Waals surface area contributed by atoms with Crippen LogP contribution in [-0.2, 0) is 11.2 Å². The number of amides is 2. The molecule has 28 heavy (non-hydrogen) atoms. The summed E-state index contributed by atoms with van der Waals surface area (Å²) in [6.45, 7) is 0.829. The average molecular weight is 391 g/mol. The maximum atomic E-state index is 12.7. The molecule has 5 nitrogen and oxygen atoms in total. The molecule has 3 heterocycles. The number of benzene rings is 1. The predicted molar refractivity (Wildman–Crippen MR) is 110 cm³/mol. The van der Waals surface area contributed by atoms with E-state index in [-0.39, 0.29) is 11.8 Å². The molecule has 1 aromatic carbocycles. The lowest BCUT2D eigenvalue weighted by atomic mass is 9.80. The van der Waals surface area contributed by atoms with Gasteiger partial charge in [-0.15, -0.1) is 0 Å². The van der Waals surface area contributed by atoms with Gasteiger partial charge in [0.05, 0.1) is 5.41 Å². The van der Waals surface area contributed by atoms with Crippen molar-refractivity contribution in [3.05, 3.63) is 76.7 Å². The van der Waals surface area contributed by atoms with Gasteiger partial charge in [-0.2, -0.15) is 11.3 Å². The number of primary amides is 1. The number of thiophene rings is 1. The van der Waals surface area contributed by atoms with Crippen molar-refractivity contribution < 1.29 is 9.59 Å². The molecule has 1 atom stereocenters. The molecule has 2 aromatic heterocycles. The van der Waals surface area contributed by atoms with Crippen LogP contribution in [0.25, 0.3) is 11.1 Å². The molecule has 142 valence electrons. The third-order valence-electron chi connectivity index (χ3n) is 5.40. The number of carbonyl (C=O) groups excluding carboxylic acids is 2. The van der Waals surface area contributed by atoms with Crippen LogP contribution in [0.15, 0.2) is 65.5 Å². The van der Waals surface area contributed by atoms with E-state index in [9.17, 15) is 9.59 Å². The van der Waals surface area contributed by atoms with Crippen LogP contribution in [0.4, 0.5) is 0 Å². The number of hydrogen-bond acceptors (Lipinski definition) is 4. The predicted octanol–water partition coefficient (Wildman–Crippen LogP) is 3.37. The van der Waals surface area contributed by atoms with Gasteiger partial charge in [0.1, 0.15) is 5.69 Å². The van der Waals surface area contributed by atoms with Crippen LogP contribution in [0.3, 0.4) is 0 Å². The van der Waals surface area contributed by atoms with Gasteiger partial charge in [0.2, 0.25) is 5.91 Å². The molecule has 6 heteroatoms. The lowest BCUT2D eigenvalue weighted by molar-refractivity contribution is -0.126.